The van der Waals surface area contributed by atoms with Gasteiger partial charge in [0, 0.05) is 40.3 Å². The molecule has 2 aromatic heterocycles. The summed E-state index contributed by atoms with van der Waals surface area (Å²) in [6, 6.07) is 25.4. The van der Waals surface area contributed by atoms with Gasteiger partial charge in [0.1, 0.15) is 0 Å². The summed E-state index contributed by atoms with van der Waals surface area (Å²) in [6.07, 6.45) is 3.57. The minimum absolute atomic E-state index is 0.358. The Morgan fingerprint density at radius 3 is 2.53 bits per heavy atom. The van der Waals surface area contributed by atoms with Crippen molar-refractivity contribution < 1.29 is 0 Å². The van der Waals surface area contributed by atoms with E-state index in [0.29, 0.717) is 5.11 Å². The summed E-state index contributed by atoms with van der Waals surface area (Å²) < 4.78 is 0. The molecule has 0 unspecified atom stereocenters. The maximum Gasteiger partial charge on any atom is 0.192 e. The first-order chi connectivity index (χ1) is 15.5. The topological polar surface area (TPSA) is 67.1 Å². The van der Waals surface area contributed by atoms with Gasteiger partial charge < -0.3 is 5.32 Å². The fourth-order valence-electron chi connectivity index (χ4n) is 3.40. The Morgan fingerprint density at radius 2 is 1.75 bits per heavy atom. The number of anilines is 1. The molecule has 32 heavy (non-hydrogen) atoms. The summed E-state index contributed by atoms with van der Waals surface area (Å²) >= 11 is 5.53. The molecular formula is C26H23N5S. The number of aryl methyl sites for hydroxylation is 1. The van der Waals surface area contributed by atoms with E-state index in [1.54, 1.807) is 12.4 Å². The van der Waals surface area contributed by atoms with Crippen LogP contribution in [-0.4, -0.2) is 20.1 Å². The molecule has 0 aliphatic carbocycles. The molecule has 2 aromatic carbocycles. The second-order valence-corrected chi connectivity index (χ2v) is 7.65. The summed E-state index contributed by atoms with van der Waals surface area (Å²) in [5.74, 6) is 6.37. The zero-order chi connectivity index (χ0) is 22.5. The molecule has 4 rings (SSSR count). The quantitative estimate of drug-likeness (QED) is 0.184. The molecule has 3 N–H and O–H groups in total. The smallest absolute Gasteiger partial charge is 0.192 e. The molecule has 6 heteroatoms. The van der Waals surface area contributed by atoms with Gasteiger partial charge in [-0.25, -0.2) is 5.84 Å². The number of nitrogens with zero attached hydrogens (tertiary/aromatic N) is 3. The molecule has 0 fully saturated rings. The van der Waals surface area contributed by atoms with Crippen molar-refractivity contribution in [1.82, 2.24) is 15.0 Å². The lowest BCUT2D eigenvalue weighted by atomic mass is 9.94. The average Bonchev–Trinajstić information content (AvgIpc) is 2.82. The Morgan fingerprint density at radius 1 is 1.00 bits per heavy atom. The Bertz CT molecular complexity index is 1310. The van der Waals surface area contributed by atoms with E-state index >= 15 is 0 Å². The van der Waals surface area contributed by atoms with Crippen molar-refractivity contribution in [3.05, 3.63) is 115 Å². The second kappa shape index (κ2) is 9.51. The van der Waals surface area contributed by atoms with Gasteiger partial charge >= 0.3 is 0 Å². The largest absolute Gasteiger partial charge is 0.331 e. The summed E-state index contributed by atoms with van der Waals surface area (Å²) in [5, 5.41) is 5.90. The molecule has 0 spiro atoms. The van der Waals surface area contributed by atoms with Crippen LogP contribution in [0.25, 0.3) is 22.0 Å². The number of nitrogens with two attached hydrogens (primary N) is 1. The van der Waals surface area contributed by atoms with Crippen molar-refractivity contribution >= 4 is 45.1 Å². The highest BCUT2D eigenvalue weighted by atomic mass is 32.1. The normalized spacial score (nSPS) is 11.2. The number of fused-ring (bicyclic) bond motifs is 1. The number of thiocarbonyl (C=S) groups is 1. The summed E-state index contributed by atoms with van der Waals surface area (Å²) in [6.45, 7) is 6.30. The summed E-state index contributed by atoms with van der Waals surface area (Å²) in [7, 11) is 0. The third kappa shape index (κ3) is 4.72. The predicted molar refractivity (Wildman–Crippen MR) is 136 cm³/mol. The van der Waals surface area contributed by atoms with Gasteiger partial charge in [0.25, 0.3) is 0 Å². The number of nitrogens with one attached hydrogen (secondary N) is 1. The highest BCUT2D eigenvalue weighted by Crippen LogP contribution is 2.33. The van der Waals surface area contributed by atoms with Crippen LogP contribution >= 0.6 is 12.2 Å². The lowest BCUT2D eigenvalue weighted by Crippen LogP contribution is -2.36. The van der Waals surface area contributed by atoms with Crippen LogP contribution in [0.4, 0.5) is 5.69 Å². The van der Waals surface area contributed by atoms with Gasteiger partial charge in [0.05, 0.1) is 11.2 Å². The zero-order valence-electron chi connectivity index (χ0n) is 17.7. The molecule has 0 aliphatic rings. The van der Waals surface area contributed by atoms with E-state index in [1.807, 2.05) is 85.8 Å². The highest BCUT2D eigenvalue weighted by molar-refractivity contribution is 7.80. The number of hydrogen-bond acceptors (Lipinski definition) is 4. The molecule has 0 aliphatic heterocycles. The molecule has 0 bridgehead atoms. The van der Waals surface area contributed by atoms with Gasteiger partial charge in [-0.3, -0.25) is 15.0 Å². The minimum atomic E-state index is 0.358. The first-order valence-corrected chi connectivity index (χ1v) is 10.5. The highest BCUT2D eigenvalue weighted by Gasteiger charge is 2.16. The van der Waals surface area contributed by atoms with E-state index in [1.165, 1.54) is 5.01 Å². The SMILES string of the molecule is C=C(/C(=C\N(N)C(=S)Nc1ccccc1)c1ccnc2ccccc12)c1cccc(C)n1. The summed E-state index contributed by atoms with van der Waals surface area (Å²) in [5.41, 5.74) is 5.91. The van der Waals surface area contributed by atoms with Crippen molar-refractivity contribution in [2.45, 2.75) is 6.92 Å². The van der Waals surface area contributed by atoms with Crippen LogP contribution in [0.1, 0.15) is 17.0 Å². The molecule has 0 saturated carbocycles. The van der Waals surface area contributed by atoms with Gasteiger partial charge in [-0.1, -0.05) is 49.0 Å². The number of para-hydroxylation sites is 2. The van der Waals surface area contributed by atoms with Crippen molar-refractivity contribution in [2.75, 3.05) is 5.32 Å². The summed E-state index contributed by atoms with van der Waals surface area (Å²) in [4.78, 5) is 9.14. The van der Waals surface area contributed by atoms with E-state index in [0.717, 1.165) is 44.7 Å². The molecule has 0 saturated heterocycles. The first-order valence-electron chi connectivity index (χ1n) is 10.1. The second-order valence-electron chi connectivity index (χ2n) is 7.26. The Labute approximate surface area is 192 Å². The van der Waals surface area contributed by atoms with Crippen LogP contribution in [0, 0.1) is 6.92 Å². The molecule has 0 amide bonds. The average molecular weight is 438 g/mol. The third-order valence-electron chi connectivity index (χ3n) is 4.99. The number of rotatable bonds is 5. The molecule has 158 valence electrons. The number of benzene rings is 2. The number of allylic oxidation sites excluding steroid dienone is 2. The fourth-order valence-corrected chi connectivity index (χ4v) is 3.57. The lowest BCUT2D eigenvalue weighted by molar-refractivity contribution is 0.609. The first kappa shape index (κ1) is 21.4. The Balaban J connectivity index is 1.78. The van der Waals surface area contributed by atoms with E-state index < -0.39 is 0 Å². The molecule has 4 aromatic rings. The van der Waals surface area contributed by atoms with Crippen LogP contribution in [0.3, 0.4) is 0 Å². The zero-order valence-corrected chi connectivity index (χ0v) is 18.5. The van der Waals surface area contributed by atoms with Gasteiger partial charge in [0.2, 0.25) is 0 Å². The predicted octanol–water partition coefficient (Wildman–Crippen LogP) is 5.57. The van der Waals surface area contributed by atoms with E-state index in [4.69, 9.17) is 18.1 Å². The van der Waals surface area contributed by atoms with Crippen LogP contribution < -0.4 is 11.2 Å². The van der Waals surface area contributed by atoms with Gasteiger partial charge in [-0.15, -0.1) is 0 Å². The fraction of sp³-hybridized carbons (Fsp3) is 0.0385. The third-order valence-corrected chi connectivity index (χ3v) is 5.30. The monoisotopic (exact) mass is 437 g/mol. The van der Waals surface area contributed by atoms with Gasteiger partial charge in [0.15, 0.2) is 5.11 Å². The van der Waals surface area contributed by atoms with Crippen molar-refractivity contribution in [2.24, 2.45) is 5.84 Å². The van der Waals surface area contributed by atoms with Crippen molar-refractivity contribution in [1.29, 1.82) is 0 Å². The maximum atomic E-state index is 6.37. The molecular weight excluding hydrogens is 414 g/mol. The minimum Gasteiger partial charge on any atom is -0.331 e. The van der Waals surface area contributed by atoms with Crippen LogP contribution in [0.2, 0.25) is 0 Å². The van der Waals surface area contributed by atoms with E-state index in [9.17, 15) is 0 Å². The van der Waals surface area contributed by atoms with Crippen LogP contribution in [0.15, 0.2) is 97.8 Å². The molecule has 2 heterocycles. The van der Waals surface area contributed by atoms with Gasteiger partial charge in [-0.05, 0) is 61.1 Å². The number of aromatic nitrogens is 2. The van der Waals surface area contributed by atoms with E-state index in [2.05, 4.69) is 21.9 Å². The number of pyridine rings is 2. The van der Waals surface area contributed by atoms with Crippen molar-refractivity contribution in [3.63, 3.8) is 0 Å². The van der Waals surface area contributed by atoms with Crippen LogP contribution in [-0.2, 0) is 0 Å². The van der Waals surface area contributed by atoms with Gasteiger partial charge in [-0.2, -0.15) is 0 Å². The standard InChI is InChI=1S/C26H23N5S/c1-18-9-8-14-24(29-18)19(2)23(21-15-16-28-25-13-7-6-12-22(21)25)17-31(27)26(32)30-20-10-4-3-5-11-20/h3-17H,2,27H2,1H3,(H,30,32)/b23-17+. The van der Waals surface area contributed by atoms with Crippen molar-refractivity contribution in [3.8, 4) is 0 Å². The maximum absolute atomic E-state index is 6.37. The van der Waals surface area contributed by atoms with Crippen LogP contribution in [0.5, 0.6) is 0 Å². The Hall–Kier alpha value is -3.87. The molecule has 0 radical (unpaired) electrons. The number of hydrazine groups is 1. The molecule has 5 nitrogen and oxygen atoms in total. The Kier molecular flexibility index (Phi) is 6.35. The number of hydrogen-bond donors (Lipinski definition) is 2. The molecule has 0 atom stereocenters. The lowest BCUT2D eigenvalue weighted by Gasteiger charge is -2.20. The van der Waals surface area contributed by atoms with E-state index in [-0.39, 0.29) is 0 Å².